The summed E-state index contributed by atoms with van der Waals surface area (Å²) in [6.45, 7) is 7.67. The topological polar surface area (TPSA) is 95.1 Å². The maximum Gasteiger partial charge on any atom is 0.274 e. The second-order valence-corrected chi connectivity index (χ2v) is 9.84. The van der Waals surface area contributed by atoms with Crippen molar-refractivity contribution in [2.45, 2.75) is 77.7 Å². The monoisotopic (exact) mass is 436 g/mol. The van der Waals surface area contributed by atoms with Gasteiger partial charge in [-0.05, 0) is 57.4 Å². The number of fused-ring (bicyclic) bond motifs is 1. The van der Waals surface area contributed by atoms with Crippen molar-refractivity contribution in [3.8, 4) is 0 Å². The fourth-order valence-corrected chi connectivity index (χ4v) is 4.85. The van der Waals surface area contributed by atoms with Crippen LogP contribution >= 0.6 is 0 Å². The highest BCUT2D eigenvalue weighted by Crippen LogP contribution is 2.40. The molecule has 1 N–H and O–H groups in total. The molecule has 8 nitrogen and oxygen atoms in total. The molecule has 170 valence electrons. The van der Waals surface area contributed by atoms with Gasteiger partial charge in [0, 0.05) is 42.4 Å². The van der Waals surface area contributed by atoms with Crippen LogP contribution in [0.2, 0.25) is 0 Å². The zero-order valence-electron chi connectivity index (χ0n) is 19.2. The maximum atomic E-state index is 13.3. The average Bonchev–Trinajstić information content (AvgIpc) is 3.29. The molecule has 2 amide bonds. The Morgan fingerprint density at radius 2 is 2.03 bits per heavy atom. The van der Waals surface area contributed by atoms with E-state index in [4.69, 9.17) is 9.97 Å². The van der Waals surface area contributed by atoms with Crippen LogP contribution in [-0.2, 0) is 11.2 Å². The van der Waals surface area contributed by atoms with Gasteiger partial charge in [-0.3, -0.25) is 19.6 Å². The van der Waals surface area contributed by atoms with Gasteiger partial charge in [-0.1, -0.05) is 13.8 Å². The van der Waals surface area contributed by atoms with Gasteiger partial charge in [-0.2, -0.15) is 5.10 Å². The van der Waals surface area contributed by atoms with Crippen molar-refractivity contribution in [1.82, 2.24) is 25.1 Å². The van der Waals surface area contributed by atoms with Crippen LogP contribution in [0, 0.1) is 12.8 Å². The van der Waals surface area contributed by atoms with Gasteiger partial charge in [0.05, 0.1) is 6.04 Å². The maximum absolute atomic E-state index is 13.3. The molecule has 2 aromatic heterocycles. The first-order chi connectivity index (χ1) is 15.4. The number of amides is 2. The first kappa shape index (κ1) is 21.1. The molecule has 8 heteroatoms. The summed E-state index contributed by atoms with van der Waals surface area (Å²) in [6.07, 6.45) is 6.18. The van der Waals surface area contributed by atoms with Crippen LogP contribution in [0.4, 0.5) is 5.82 Å². The summed E-state index contributed by atoms with van der Waals surface area (Å²) >= 11 is 0. The first-order valence-electron chi connectivity index (χ1n) is 12.0. The molecule has 0 aromatic carbocycles. The van der Waals surface area contributed by atoms with E-state index < -0.39 is 0 Å². The molecule has 0 spiro atoms. The number of nitrogens with zero attached hydrogens (tertiary/aromatic N) is 5. The van der Waals surface area contributed by atoms with E-state index in [0.29, 0.717) is 49.3 Å². The van der Waals surface area contributed by atoms with E-state index in [-0.39, 0.29) is 17.9 Å². The average molecular weight is 437 g/mol. The van der Waals surface area contributed by atoms with Crippen LogP contribution in [0.1, 0.15) is 97.6 Å². The number of aromatic nitrogens is 4. The van der Waals surface area contributed by atoms with Crippen LogP contribution in [-0.4, -0.2) is 50.0 Å². The second kappa shape index (κ2) is 8.30. The third-order valence-electron chi connectivity index (χ3n) is 6.93. The van der Waals surface area contributed by atoms with Crippen LogP contribution in [0.5, 0.6) is 0 Å². The standard InChI is InChI=1S/C24H32N6O2/c1-14(2)10-12-30-21(31)9-8-17-15(3)25-22(26-23(17)30)20-5-4-11-29(20)24(32)19-13-18(27-28-19)16-6-7-16/h13-14,16,20H,4-12H2,1-3H3,(H,27,28). The Morgan fingerprint density at radius 3 is 2.78 bits per heavy atom. The van der Waals surface area contributed by atoms with Crippen molar-refractivity contribution in [3.63, 3.8) is 0 Å². The predicted molar refractivity (Wildman–Crippen MR) is 120 cm³/mol. The van der Waals surface area contributed by atoms with E-state index in [0.717, 1.165) is 54.9 Å². The van der Waals surface area contributed by atoms with Crippen molar-refractivity contribution < 1.29 is 9.59 Å². The number of hydrogen-bond donors (Lipinski definition) is 1. The minimum atomic E-state index is -0.184. The summed E-state index contributed by atoms with van der Waals surface area (Å²) < 4.78 is 0. The third-order valence-corrected chi connectivity index (χ3v) is 6.93. The third kappa shape index (κ3) is 3.91. The molecule has 0 radical (unpaired) electrons. The molecule has 2 aliphatic heterocycles. The number of aromatic amines is 1. The fourth-order valence-electron chi connectivity index (χ4n) is 4.85. The number of likely N-dealkylation sites (tertiary alicyclic amines) is 1. The minimum absolute atomic E-state index is 0.0673. The molecule has 1 saturated carbocycles. The van der Waals surface area contributed by atoms with Crippen molar-refractivity contribution in [2.75, 3.05) is 18.0 Å². The molecule has 4 heterocycles. The van der Waals surface area contributed by atoms with Crippen LogP contribution < -0.4 is 4.90 Å². The highest BCUT2D eigenvalue weighted by Gasteiger charge is 2.36. The Morgan fingerprint density at radius 1 is 1.22 bits per heavy atom. The van der Waals surface area contributed by atoms with Gasteiger partial charge in [0.25, 0.3) is 5.91 Å². The molecule has 5 rings (SSSR count). The molecule has 32 heavy (non-hydrogen) atoms. The quantitative estimate of drug-likeness (QED) is 0.745. The van der Waals surface area contributed by atoms with E-state index in [1.54, 1.807) is 0 Å². The van der Waals surface area contributed by atoms with Gasteiger partial charge < -0.3 is 4.90 Å². The highest BCUT2D eigenvalue weighted by molar-refractivity contribution is 5.95. The lowest BCUT2D eigenvalue weighted by atomic mass is 10.0. The molecule has 0 bridgehead atoms. The molecule has 2 aromatic rings. The van der Waals surface area contributed by atoms with Gasteiger partial charge in [0.15, 0.2) is 5.82 Å². The molecule has 3 aliphatic rings. The lowest BCUT2D eigenvalue weighted by Gasteiger charge is -2.31. The fraction of sp³-hybridized carbons (Fsp3) is 0.625. The molecule has 1 unspecified atom stereocenters. The smallest absolute Gasteiger partial charge is 0.274 e. The summed E-state index contributed by atoms with van der Waals surface area (Å²) in [5, 5.41) is 7.33. The van der Waals surface area contributed by atoms with E-state index in [1.165, 1.54) is 0 Å². The summed E-state index contributed by atoms with van der Waals surface area (Å²) in [4.78, 5) is 39.4. The van der Waals surface area contributed by atoms with Gasteiger partial charge in [-0.25, -0.2) is 9.97 Å². The molecule has 1 aliphatic carbocycles. The Balaban J connectivity index is 1.43. The zero-order chi connectivity index (χ0) is 22.4. The van der Waals surface area contributed by atoms with E-state index in [2.05, 4.69) is 24.0 Å². The van der Waals surface area contributed by atoms with Crippen molar-refractivity contribution in [2.24, 2.45) is 5.92 Å². The van der Waals surface area contributed by atoms with Gasteiger partial charge >= 0.3 is 0 Å². The zero-order valence-corrected chi connectivity index (χ0v) is 19.2. The summed E-state index contributed by atoms with van der Waals surface area (Å²) in [6, 6.07) is 1.72. The van der Waals surface area contributed by atoms with Crippen LogP contribution in [0.25, 0.3) is 0 Å². The van der Waals surface area contributed by atoms with Gasteiger partial charge in [-0.15, -0.1) is 0 Å². The lowest BCUT2D eigenvalue weighted by Crippen LogP contribution is -2.38. The second-order valence-electron chi connectivity index (χ2n) is 9.84. The number of hydrogen-bond acceptors (Lipinski definition) is 5. The number of H-pyrrole nitrogens is 1. The molecule has 1 saturated heterocycles. The molecule has 2 fully saturated rings. The van der Waals surface area contributed by atoms with Gasteiger partial charge in [0.1, 0.15) is 11.5 Å². The summed E-state index contributed by atoms with van der Waals surface area (Å²) in [5.74, 6) is 2.49. The number of carbonyl (C=O) groups is 2. The summed E-state index contributed by atoms with van der Waals surface area (Å²) in [7, 11) is 0. The largest absolute Gasteiger partial charge is 0.327 e. The Hall–Kier alpha value is -2.77. The predicted octanol–water partition coefficient (Wildman–Crippen LogP) is 3.69. The van der Waals surface area contributed by atoms with E-state index in [9.17, 15) is 9.59 Å². The van der Waals surface area contributed by atoms with E-state index >= 15 is 0 Å². The van der Waals surface area contributed by atoms with E-state index in [1.807, 2.05) is 22.8 Å². The van der Waals surface area contributed by atoms with Crippen LogP contribution in [0.15, 0.2) is 6.07 Å². The van der Waals surface area contributed by atoms with Gasteiger partial charge in [0.2, 0.25) is 5.91 Å². The van der Waals surface area contributed by atoms with Crippen molar-refractivity contribution >= 4 is 17.6 Å². The number of aryl methyl sites for hydroxylation is 1. The van der Waals surface area contributed by atoms with Crippen LogP contribution in [0.3, 0.4) is 0 Å². The Kier molecular flexibility index (Phi) is 5.47. The minimum Gasteiger partial charge on any atom is -0.327 e. The number of anilines is 1. The normalized spacial score (nSPS) is 20.9. The lowest BCUT2D eigenvalue weighted by molar-refractivity contribution is -0.119. The molecule has 1 atom stereocenters. The number of nitrogens with one attached hydrogen (secondary N) is 1. The number of carbonyl (C=O) groups excluding carboxylic acids is 2. The van der Waals surface area contributed by atoms with Crippen molar-refractivity contribution in [3.05, 3.63) is 34.5 Å². The molecular weight excluding hydrogens is 404 g/mol. The Bertz CT molecular complexity index is 1040. The van der Waals surface area contributed by atoms with Crippen molar-refractivity contribution in [1.29, 1.82) is 0 Å². The molecular formula is C24H32N6O2. The number of rotatable bonds is 6. The Labute approximate surface area is 188 Å². The SMILES string of the molecule is Cc1nc(C2CCCN2C(=O)c2cc(C3CC3)[nH]n2)nc2c1CCC(=O)N2CCC(C)C. The highest BCUT2D eigenvalue weighted by atomic mass is 16.2. The summed E-state index contributed by atoms with van der Waals surface area (Å²) in [5.41, 5.74) is 3.52. The first-order valence-corrected chi connectivity index (χ1v) is 12.0.